The molecule has 1 fully saturated rings. The van der Waals surface area contributed by atoms with E-state index in [1.807, 2.05) is 0 Å². The number of carbonyl (C=O) groups excluding carboxylic acids is 1. The van der Waals surface area contributed by atoms with Crippen molar-refractivity contribution in [2.24, 2.45) is 0 Å². The Kier molecular flexibility index (Phi) is 9.49. The summed E-state index contributed by atoms with van der Waals surface area (Å²) in [6.45, 7) is 3.10. The molecule has 18 heavy (non-hydrogen) atoms. The second kappa shape index (κ2) is 10.7. The van der Waals surface area contributed by atoms with Crippen molar-refractivity contribution in [3.05, 3.63) is 0 Å². The summed E-state index contributed by atoms with van der Waals surface area (Å²) in [4.78, 5) is 11.9. The first-order valence-corrected chi connectivity index (χ1v) is 9.85. The molecule has 0 radical (unpaired) electrons. The topological polar surface area (TPSA) is 26.3 Å². The van der Waals surface area contributed by atoms with E-state index in [-0.39, 0.29) is 0 Å². The van der Waals surface area contributed by atoms with Crippen LogP contribution in [0.1, 0.15) is 77.6 Å². The summed E-state index contributed by atoms with van der Waals surface area (Å²) in [6.07, 6.45) is 13.6. The van der Waals surface area contributed by atoms with Crippen molar-refractivity contribution < 1.29 is 9.22 Å². The van der Waals surface area contributed by atoms with E-state index in [9.17, 15) is 4.79 Å². The van der Waals surface area contributed by atoms with E-state index in [1.54, 1.807) is 0 Å². The highest BCUT2D eigenvalue weighted by molar-refractivity contribution is 6.85. The molecule has 0 N–H and O–H groups in total. The van der Waals surface area contributed by atoms with Crippen molar-refractivity contribution in [1.82, 2.24) is 0 Å². The van der Waals surface area contributed by atoms with Crippen LogP contribution < -0.4 is 0 Å². The van der Waals surface area contributed by atoms with E-state index in [1.165, 1.54) is 51.4 Å². The van der Waals surface area contributed by atoms with Gasteiger partial charge < -0.3 is 9.22 Å². The molecule has 1 rings (SSSR count). The quantitative estimate of drug-likeness (QED) is 0.440. The van der Waals surface area contributed by atoms with Gasteiger partial charge in [-0.25, -0.2) is 0 Å². The number of carbonyl (C=O) groups is 1. The molecule has 1 atom stereocenters. The standard InChI is InChI=1S/C15H30O2Si/c1-2-3-4-5-6-7-8-9-12-15(16)18-14-11-10-13-17-18/h18H,2-14H2,1H3. The molecule has 0 aromatic rings. The predicted molar refractivity (Wildman–Crippen MR) is 79.4 cm³/mol. The molecular formula is C15H30O2Si. The van der Waals surface area contributed by atoms with E-state index in [0.717, 1.165) is 31.9 Å². The highest BCUT2D eigenvalue weighted by Gasteiger charge is 2.23. The maximum atomic E-state index is 11.9. The number of hydrogen-bond donors (Lipinski definition) is 0. The predicted octanol–water partition coefficient (Wildman–Crippen LogP) is 4.16. The average molecular weight is 270 g/mol. The summed E-state index contributed by atoms with van der Waals surface area (Å²) in [5.41, 5.74) is 0. The Morgan fingerprint density at radius 1 is 1.00 bits per heavy atom. The lowest BCUT2D eigenvalue weighted by Gasteiger charge is -2.19. The van der Waals surface area contributed by atoms with Crippen LogP contribution in [-0.4, -0.2) is 21.1 Å². The second-order valence-corrected chi connectivity index (χ2v) is 8.08. The van der Waals surface area contributed by atoms with Crippen LogP contribution in [0.25, 0.3) is 0 Å². The minimum atomic E-state index is -1.43. The lowest BCUT2D eigenvalue weighted by Crippen LogP contribution is -2.32. The van der Waals surface area contributed by atoms with Gasteiger partial charge in [-0.3, -0.25) is 0 Å². The fourth-order valence-electron chi connectivity index (χ4n) is 2.59. The van der Waals surface area contributed by atoms with Crippen LogP contribution in [0.2, 0.25) is 6.04 Å². The molecule has 2 nitrogen and oxygen atoms in total. The smallest absolute Gasteiger partial charge is 0.249 e. The molecule has 0 aromatic heterocycles. The molecule has 0 saturated carbocycles. The van der Waals surface area contributed by atoms with Crippen molar-refractivity contribution in [2.45, 2.75) is 83.6 Å². The Bertz CT molecular complexity index is 213. The first-order valence-electron chi connectivity index (χ1n) is 7.99. The number of hydrogen-bond acceptors (Lipinski definition) is 2. The van der Waals surface area contributed by atoms with Crippen LogP contribution in [0.4, 0.5) is 0 Å². The highest BCUT2D eigenvalue weighted by atomic mass is 28.3. The lowest BCUT2D eigenvalue weighted by molar-refractivity contribution is -0.113. The first kappa shape index (κ1) is 15.9. The number of rotatable bonds is 10. The van der Waals surface area contributed by atoms with Crippen molar-refractivity contribution >= 4 is 14.4 Å². The fraction of sp³-hybridized carbons (Fsp3) is 0.933. The zero-order valence-electron chi connectivity index (χ0n) is 12.1. The minimum absolute atomic E-state index is 0.487. The molecular weight excluding hydrogens is 240 g/mol. The van der Waals surface area contributed by atoms with Gasteiger partial charge in [0, 0.05) is 13.0 Å². The molecule has 0 aliphatic carbocycles. The van der Waals surface area contributed by atoms with Gasteiger partial charge in [-0.1, -0.05) is 58.3 Å². The molecule has 0 spiro atoms. The summed E-state index contributed by atoms with van der Waals surface area (Å²) >= 11 is 0. The van der Waals surface area contributed by atoms with Gasteiger partial charge in [0.1, 0.15) is 5.41 Å². The van der Waals surface area contributed by atoms with E-state index in [0.29, 0.717) is 5.41 Å². The van der Waals surface area contributed by atoms with E-state index in [2.05, 4.69) is 6.92 Å². The Balaban J connectivity index is 1.89. The Morgan fingerprint density at radius 2 is 1.67 bits per heavy atom. The zero-order valence-corrected chi connectivity index (χ0v) is 13.2. The van der Waals surface area contributed by atoms with Crippen LogP contribution in [0, 0.1) is 0 Å². The second-order valence-electron chi connectivity index (χ2n) is 5.55. The molecule has 1 aliphatic heterocycles. The Hall–Kier alpha value is -0.153. The van der Waals surface area contributed by atoms with E-state index in [4.69, 9.17) is 4.43 Å². The molecule has 3 heteroatoms. The monoisotopic (exact) mass is 270 g/mol. The number of unbranched alkanes of at least 4 members (excludes halogenated alkanes) is 7. The maximum absolute atomic E-state index is 11.9. The van der Waals surface area contributed by atoms with Crippen LogP contribution >= 0.6 is 0 Å². The Labute approximate surface area is 114 Å². The highest BCUT2D eigenvalue weighted by Crippen LogP contribution is 2.15. The summed E-state index contributed by atoms with van der Waals surface area (Å²) in [6, 6.07) is 1.09. The van der Waals surface area contributed by atoms with Crippen LogP contribution in [-0.2, 0) is 9.22 Å². The molecule has 0 bridgehead atoms. The van der Waals surface area contributed by atoms with Crippen molar-refractivity contribution in [2.75, 3.05) is 6.61 Å². The SMILES string of the molecule is CCCCCCCCCCC(=O)[SiH]1CCCCO1. The van der Waals surface area contributed by atoms with Crippen LogP contribution in [0.3, 0.4) is 0 Å². The van der Waals surface area contributed by atoms with Crippen LogP contribution in [0.5, 0.6) is 0 Å². The third-order valence-corrected chi connectivity index (χ3v) is 6.39. The van der Waals surface area contributed by atoms with Gasteiger partial charge >= 0.3 is 0 Å². The summed E-state index contributed by atoms with van der Waals surface area (Å²) < 4.78 is 5.65. The molecule has 106 valence electrons. The average Bonchev–Trinajstić information content (AvgIpc) is 2.42. The van der Waals surface area contributed by atoms with Gasteiger partial charge in [0.2, 0.25) is 9.04 Å². The van der Waals surface area contributed by atoms with E-state index < -0.39 is 9.04 Å². The summed E-state index contributed by atoms with van der Waals surface area (Å²) in [5, 5.41) is 0.487. The van der Waals surface area contributed by atoms with Crippen LogP contribution in [0.15, 0.2) is 0 Å². The normalized spacial score (nSPS) is 19.9. The Morgan fingerprint density at radius 3 is 2.28 bits per heavy atom. The summed E-state index contributed by atoms with van der Waals surface area (Å²) in [5.74, 6) is 0. The first-order chi connectivity index (χ1) is 8.84. The van der Waals surface area contributed by atoms with Crippen molar-refractivity contribution in [3.63, 3.8) is 0 Å². The third-order valence-electron chi connectivity index (χ3n) is 3.82. The molecule has 1 aliphatic rings. The van der Waals surface area contributed by atoms with Gasteiger partial charge in [-0.2, -0.15) is 0 Å². The van der Waals surface area contributed by atoms with Gasteiger partial charge in [0.15, 0.2) is 0 Å². The van der Waals surface area contributed by atoms with Gasteiger partial charge in [0.05, 0.1) is 0 Å². The zero-order chi connectivity index (χ0) is 13.1. The molecule has 0 amide bonds. The lowest BCUT2D eigenvalue weighted by atomic mass is 10.1. The van der Waals surface area contributed by atoms with E-state index >= 15 is 0 Å². The molecule has 0 aromatic carbocycles. The van der Waals surface area contributed by atoms with Gasteiger partial charge in [-0.15, -0.1) is 0 Å². The van der Waals surface area contributed by atoms with Gasteiger partial charge in [0.25, 0.3) is 0 Å². The van der Waals surface area contributed by atoms with Crippen molar-refractivity contribution in [3.8, 4) is 0 Å². The fourth-order valence-corrected chi connectivity index (χ4v) is 4.90. The van der Waals surface area contributed by atoms with Crippen molar-refractivity contribution in [1.29, 1.82) is 0 Å². The maximum Gasteiger partial charge on any atom is 0.249 e. The summed E-state index contributed by atoms with van der Waals surface area (Å²) in [7, 11) is -1.43. The van der Waals surface area contributed by atoms with Gasteiger partial charge in [-0.05, 0) is 18.9 Å². The largest absolute Gasteiger partial charge is 0.412 e. The minimum Gasteiger partial charge on any atom is -0.412 e. The third kappa shape index (κ3) is 7.32. The molecule has 1 unspecified atom stereocenters. The molecule has 1 saturated heterocycles. The molecule has 1 heterocycles.